The highest BCUT2D eigenvalue weighted by Crippen LogP contribution is 2.27. The molecule has 3 rings (SSSR count). The minimum atomic E-state index is -0.0860. The Kier molecular flexibility index (Phi) is 4.97. The summed E-state index contributed by atoms with van der Waals surface area (Å²) in [7, 11) is 0. The van der Waals surface area contributed by atoms with Crippen molar-refractivity contribution in [3.63, 3.8) is 0 Å². The summed E-state index contributed by atoms with van der Waals surface area (Å²) in [5, 5.41) is 5.60. The highest BCUT2D eigenvalue weighted by atomic mass is 32.1. The number of carbonyl (C=O) groups excluding carboxylic acids is 2. The van der Waals surface area contributed by atoms with Crippen LogP contribution in [0.4, 0.5) is 11.5 Å². The topological polar surface area (TPSA) is 84.0 Å². The van der Waals surface area contributed by atoms with E-state index in [0.717, 1.165) is 24.1 Å². The lowest BCUT2D eigenvalue weighted by atomic mass is 9.85. The number of anilines is 2. The first-order valence-corrected chi connectivity index (χ1v) is 8.53. The number of hydrogen-bond donors (Lipinski definition) is 2. The molecule has 1 saturated carbocycles. The second-order valence-electron chi connectivity index (χ2n) is 5.57. The van der Waals surface area contributed by atoms with E-state index >= 15 is 0 Å². The van der Waals surface area contributed by atoms with Crippen molar-refractivity contribution in [3.05, 3.63) is 34.9 Å². The van der Waals surface area contributed by atoms with Gasteiger partial charge < -0.3 is 10.6 Å². The monoisotopic (exact) mass is 330 g/mol. The highest BCUT2D eigenvalue weighted by molar-refractivity contribution is 7.09. The van der Waals surface area contributed by atoms with Crippen LogP contribution in [0.3, 0.4) is 0 Å². The molecule has 2 N–H and O–H groups in total. The third kappa shape index (κ3) is 4.35. The summed E-state index contributed by atoms with van der Waals surface area (Å²) in [5.74, 6) is 0.596. The standard InChI is InChI=1S/C16H18N4O2S/c21-15(7-5-13-9-17-10-23-13)20-14-6-4-12(8-18-14)19-16(22)11-2-1-3-11/h4,6,8-11H,1-3,5,7H2,(H,19,22)(H,18,20,21). The van der Waals surface area contributed by atoms with Crippen molar-refractivity contribution in [3.8, 4) is 0 Å². The fraction of sp³-hybridized carbons (Fsp3) is 0.375. The molecule has 1 aliphatic carbocycles. The van der Waals surface area contributed by atoms with Crippen molar-refractivity contribution >= 4 is 34.7 Å². The van der Waals surface area contributed by atoms with Gasteiger partial charge in [0.15, 0.2) is 0 Å². The van der Waals surface area contributed by atoms with Crippen LogP contribution in [0, 0.1) is 5.92 Å². The molecule has 0 spiro atoms. The zero-order valence-corrected chi connectivity index (χ0v) is 13.4. The normalized spacial score (nSPS) is 14.1. The van der Waals surface area contributed by atoms with Gasteiger partial charge in [-0.2, -0.15) is 0 Å². The second kappa shape index (κ2) is 7.32. The van der Waals surface area contributed by atoms with E-state index in [1.807, 2.05) is 0 Å². The van der Waals surface area contributed by atoms with E-state index in [4.69, 9.17) is 0 Å². The smallest absolute Gasteiger partial charge is 0.227 e. The number of hydrogen-bond acceptors (Lipinski definition) is 5. The Labute approximate surface area is 138 Å². The summed E-state index contributed by atoms with van der Waals surface area (Å²) < 4.78 is 0. The van der Waals surface area contributed by atoms with Crippen LogP contribution in [0.25, 0.3) is 0 Å². The third-order valence-corrected chi connectivity index (χ3v) is 4.70. The maximum atomic E-state index is 11.9. The van der Waals surface area contributed by atoms with Crippen molar-refractivity contribution in [2.75, 3.05) is 10.6 Å². The molecule has 6 nitrogen and oxygen atoms in total. The number of aryl methyl sites for hydroxylation is 1. The molecule has 2 heterocycles. The fourth-order valence-electron chi connectivity index (χ4n) is 2.26. The summed E-state index contributed by atoms with van der Waals surface area (Å²) in [5.41, 5.74) is 2.41. The third-order valence-electron chi connectivity index (χ3n) is 3.86. The van der Waals surface area contributed by atoms with E-state index in [-0.39, 0.29) is 17.7 Å². The lowest BCUT2D eigenvalue weighted by molar-refractivity contribution is -0.122. The zero-order chi connectivity index (χ0) is 16.1. The number of nitrogens with one attached hydrogen (secondary N) is 2. The van der Waals surface area contributed by atoms with Gasteiger partial charge in [-0.3, -0.25) is 14.6 Å². The van der Waals surface area contributed by atoms with Gasteiger partial charge in [-0.1, -0.05) is 6.42 Å². The van der Waals surface area contributed by atoms with Crippen molar-refractivity contribution in [1.82, 2.24) is 9.97 Å². The number of thiazole rings is 1. The van der Waals surface area contributed by atoms with E-state index in [1.165, 1.54) is 0 Å². The first-order chi connectivity index (χ1) is 11.2. The van der Waals surface area contributed by atoms with E-state index in [1.54, 1.807) is 41.4 Å². The predicted octanol–water partition coefficient (Wildman–Crippen LogP) is 2.85. The molecule has 0 aromatic carbocycles. The second-order valence-corrected chi connectivity index (χ2v) is 6.54. The van der Waals surface area contributed by atoms with Crippen LogP contribution in [0.1, 0.15) is 30.6 Å². The first-order valence-electron chi connectivity index (χ1n) is 7.65. The van der Waals surface area contributed by atoms with Crippen molar-refractivity contribution in [2.24, 2.45) is 5.92 Å². The summed E-state index contributed by atoms with van der Waals surface area (Å²) >= 11 is 1.54. The predicted molar refractivity (Wildman–Crippen MR) is 89.3 cm³/mol. The number of carbonyl (C=O) groups is 2. The summed E-state index contributed by atoms with van der Waals surface area (Å²) in [6.07, 6.45) is 7.46. The van der Waals surface area contributed by atoms with Crippen LogP contribution in [-0.2, 0) is 16.0 Å². The van der Waals surface area contributed by atoms with Gasteiger partial charge in [0.05, 0.1) is 17.4 Å². The minimum Gasteiger partial charge on any atom is -0.324 e. The molecule has 120 valence electrons. The maximum Gasteiger partial charge on any atom is 0.227 e. The maximum absolute atomic E-state index is 11.9. The van der Waals surface area contributed by atoms with Gasteiger partial charge in [-0.15, -0.1) is 11.3 Å². The molecule has 23 heavy (non-hydrogen) atoms. The Bertz CT molecular complexity index is 666. The summed E-state index contributed by atoms with van der Waals surface area (Å²) in [4.78, 5) is 32.9. The summed E-state index contributed by atoms with van der Waals surface area (Å²) in [6, 6.07) is 3.45. The quantitative estimate of drug-likeness (QED) is 0.853. The highest BCUT2D eigenvalue weighted by Gasteiger charge is 2.25. The molecule has 0 saturated heterocycles. The number of nitrogens with zero attached hydrogens (tertiary/aromatic N) is 2. The number of rotatable bonds is 6. The van der Waals surface area contributed by atoms with E-state index < -0.39 is 0 Å². The van der Waals surface area contributed by atoms with Crippen LogP contribution >= 0.6 is 11.3 Å². The Balaban J connectivity index is 1.46. The molecule has 1 aliphatic rings. The van der Waals surface area contributed by atoms with Gasteiger partial charge in [-0.05, 0) is 31.4 Å². The number of amides is 2. The van der Waals surface area contributed by atoms with Gasteiger partial charge in [0, 0.05) is 23.4 Å². The Hall–Kier alpha value is -2.28. The molecule has 0 radical (unpaired) electrons. The van der Waals surface area contributed by atoms with Gasteiger partial charge >= 0.3 is 0 Å². The van der Waals surface area contributed by atoms with E-state index in [2.05, 4.69) is 20.6 Å². The zero-order valence-electron chi connectivity index (χ0n) is 12.6. The molecule has 2 aromatic rings. The van der Waals surface area contributed by atoms with Crippen molar-refractivity contribution in [1.29, 1.82) is 0 Å². The number of aromatic nitrogens is 2. The lowest BCUT2D eigenvalue weighted by Crippen LogP contribution is -2.28. The largest absolute Gasteiger partial charge is 0.324 e. The van der Waals surface area contributed by atoms with Crippen LogP contribution < -0.4 is 10.6 Å². The average Bonchev–Trinajstić information content (AvgIpc) is 2.99. The minimum absolute atomic E-state index is 0.0550. The van der Waals surface area contributed by atoms with Crippen LogP contribution in [-0.4, -0.2) is 21.8 Å². The lowest BCUT2D eigenvalue weighted by Gasteiger charge is -2.23. The van der Waals surface area contributed by atoms with Gasteiger partial charge in [-0.25, -0.2) is 4.98 Å². The van der Waals surface area contributed by atoms with E-state index in [9.17, 15) is 9.59 Å². The van der Waals surface area contributed by atoms with Crippen LogP contribution in [0.15, 0.2) is 30.0 Å². The molecule has 2 aromatic heterocycles. The molecule has 0 bridgehead atoms. The Morgan fingerprint density at radius 1 is 1.22 bits per heavy atom. The molecule has 0 aliphatic heterocycles. The molecule has 2 amide bonds. The molecular weight excluding hydrogens is 312 g/mol. The van der Waals surface area contributed by atoms with Crippen molar-refractivity contribution < 1.29 is 9.59 Å². The first kappa shape index (κ1) is 15.6. The van der Waals surface area contributed by atoms with E-state index in [0.29, 0.717) is 24.3 Å². The fourth-order valence-corrected chi connectivity index (χ4v) is 2.86. The van der Waals surface area contributed by atoms with Crippen LogP contribution in [0.2, 0.25) is 0 Å². The average molecular weight is 330 g/mol. The molecular formula is C16H18N4O2S. The molecule has 0 unspecified atom stereocenters. The molecule has 0 atom stereocenters. The van der Waals surface area contributed by atoms with Gasteiger partial charge in [0.1, 0.15) is 5.82 Å². The molecule has 1 fully saturated rings. The number of pyridine rings is 1. The van der Waals surface area contributed by atoms with Gasteiger partial charge in [0.25, 0.3) is 0 Å². The Morgan fingerprint density at radius 3 is 2.70 bits per heavy atom. The summed E-state index contributed by atoms with van der Waals surface area (Å²) in [6.45, 7) is 0. The molecule has 7 heteroatoms. The van der Waals surface area contributed by atoms with Crippen molar-refractivity contribution in [2.45, 2.75) is 32.1 Å². The van der Waals surface area contributed by atoms with Crippen LogP contribution in [0.5, 0.6) is 0 Å². The van der Waals surface area contributed by atoms with Gasteiger partial charge in [0.2, 0.25) is 11.8 Å². The SMILES string of the molecule is O=C(CCc1cncs1)Nc1ccc(NC(=O)C2CCC2)cn1. The Morgan fingerprint density at radius 2 is 2.09 bits per heavy atom.